The summed E-state index contributed by atoms with van der Waals surface area (Å²) in [5, 5.41) is 23.3. The second-order valence-corrected chi connectivity index (χ2v) is 19.8. The van der Waals surface area contributed by atoms with E-state index in [9.17, 15) is 48.3 Å². The normalized spacial score (nSPS) is 12.0. The lowest BCUT2D eigenvalue weighted by molar-refractivity contribution is -0.144. The molecule has 4 N–H and O–H groups in total. The van der Waals surface area contributed by atoms with E-state index >= 15 is 0 Å². The topological polar surface area (TPSA) is 255 Å². The van der Waals surface area contributed by atoms with Crippen LogP contribution >= 0.6 is 0 Å². The molecule has 0 radical (unpaired) electrons. The molecule has 422 valence electrons. The van der Waals surface area contributed by atoms with E-state index in [0.29, 0.717) is 84.6 Å². The number of hydrogen-bond donors (Lipinski definition) is 4. The number of ether oxygens (including phenoxy) is 4. The number of unbranched alkanes of at least 4 members (excludes halogenated alkanes) is 14. The third-order valence-corrected chi connectivity index (χ3v) is 12.0. The number of ketones is 5. The maximum absolute atomic E-state index is 12.6. The number of carboxylic acids is 2. The first-order chi connectivity index (χ1) is 34.3. The van der Waals surface area contributed by atoms with Crippen LogP contribution in [0, 0.1) is 17.3 Å². The zero-order valence-electron chi connectivity index (χ0n) is 45.5. The van der Waals surface area contributed by atoms with Gasteiger partial charge in [-0.3, -0.25) is 38.4 Å². The van der Waals surface area contributed by atoms with Gasteiger partial charge >= 0.3 is 11.9 Å². The van der Waals surface area contributed by atoms with Crippen molar-refractivity contribution in [2.24, 2.45) is 17.3 Å². The van der Waals surface area contributed by atoms with Crippen molar-refractivity contribution in [1.82, 2.24) is 10.6 Å². The Hall–Kier alpha value is -3.93. The predicted molar refractivity (Wildman–Crippen MR) is 282 cm³/mol. The minimum Gasteiger partial charge on any atom is -0.481 e. The van der Waals surface area contributed by atoms with Crippen LogP contribution in [-0.4, -0.2) is 129 Å². The number of carboxylic acid groups (broad SMARTS) is 2. The van der Waals surface area contributed by atoms with Crippen molar-refractivity contribution in [3.05, 3.63) is 0 Å². The molecule has 0 aliphatic rings. The minimum atomic E-state index is -0.974. The first kappa shape index (κ1) is 70.1. The minimum absolute atomic E-state index is 0. The second kappa shape index (κ2) is 48.0. The van der Waals surface area contributed by atoms with Crippen molar-refractivity contribution >= 4 is 52.7 Å². The largest absolute Gasteiger partial charge is 0.481 e. The van der Waals surface area contributed by atoms with Crippen LogP contribution in [0.1, 0.15) is 218 Å². The maximum Gasteiger partial charge on any atom is 0.306 e. The summed E-state index contributed by atoms with van der Waals surface area (Å²) in [6, 6.07) is 0. The smallest absolute Gasteiger partial charge is 0.306 e. The third-order valence-electron chi connectivity index (χ3n) is 12.0. The molecule has 0 aliphatic carbocycles. The van der Waals surface area contributed by atoms with Gasteiger partial charge in [-0.25, -0.2) is 0 Å². The van der Waals surface area contributed by atoms with Crippen LogP contribution in [0.15, 0.2) is 0 Å². The predicted octanol–water partition coefficient (Wildman–Crippen LogP) is 9.65. The highest BCUT2D eigenvalue weighted by Gasteiger charge is 2.28. The van der Waals surface area contributed by atoms with Crippen LogP contribution in [0.25, 0.3) is 0 Å². The lowest BCUT2D eigenvalue weighted by Crippen LogP contribution is -2.31. The molecule has 0 aromatic carbocycles. The van der Waals surface area contributed by atoms with Gasteiger partial charge in [0.25, 0.3) is 0 Å². The highest BCUT2D eigenvalue weighted by atomic mass is 16.5. The van der Waals surface area contributed by atoms with Crippen LogP contribution in [0.5, 0.6) is 0 Å². The fourth-order valence-electron chi connectivity index (χ4n) is 7.35. The van der Waals surface area contributed by atoms with Gasteiger partial charge in [-0.2, -0.15) is 0 Å². The molecule has 17 heteroatoms. The Kier molecular flexibility index (Phi) is 46.8. The van der Waals surface area contributed by atoms with E-state index in [1.807, 2.05) is 27.7 Å². The monoisotopic (exact) mass is 1030 g/mol. The van der Waals surface area contributed by atoms with Crippen LogP contribution in [0.4, 0.5) is 0 Å². The first-order valence-corrected chi connectivity index (χ1v) is 27.2. The number of rotatable bonds is 50. The molecule has 0 aromatic heterocycles. The van der Waals surface area contributed by atoms with E-state index in [1.165, 1.54) is 58.3 Å². The van der Waals surface area contributed by atoms with Gasteiger partial charge in [0, 0.05) is 85.2 Å². The van der Waals surface area contributed by atoms with Gasteiger partial charge in [0.1, 0.15) is 42.1 Å². The van der Waals surface area contributed by atoms with Gasteiger partial charge in [-0.1, -0.05) is 118 Å². The fraction of sp³-hybridized carbons (Fsp3) is 0.836. The summed E-state index contributed by atoms with van der Waals surface area (Å²) >= 11 is 0. The molecule has 0 fully saturated rings. The Labute approximate surface area is 435 Å². The Morgan fingerprint density at radius 1 is 0.486 bits per heavy atom. The van der Waals surface area contributed by atoms with Gasteiger partial charge in [0.05, 0.1) is 39.0 Å². The van der Waals surface area contributed by atoms with E-state index in [4.69, 9.17) is 24.1 Å². The number of hydrogen-bond acceptors (Lipinski definition) is 13. The number of Topliss-reactive ketones (excluding diaryl/α,β-unsaturated/α-hetero) is 5. The summed E-state index contributed by atoms with van der Waals surface area (Å²) in [6.07, 6.45) is 21.0. The molecule has 0 rings (SSSR count). The number of carbonyl (C=O) groups is 9. The standard InChI is InChI=1S/C29H52N2O9.C26H46O6.2H2/c1-6-14-37-16-18-39-22-28(36)31-13-15-38-17-19-40-21-27(35)30-12-8-7-9-24(20-26(34)29(3,4)5)25(33)11-10-23(2)32;1-2-23(27)20-19-22(26(31)32)21-24(28)17-15-13-11-9-7-5-3-4-6-8-10-12-14-16-18-25(29)30;;/h24H,6-22H2,1-5H3,(H,30,35)(H,31,36);22H,2-21H2,1H3,(H,29,30)(H,31,32);2*1H/t24-;22-;;/m11../s1. The molecular weight excluding hydrogens is 929 g/mol. The summed E-state index contributed by atoms with van der Waals surface area (Å²) < 4.78 is 21.1. The summed E-state index contributed by atoms with van der Waals surface area (Å²) in [5.41, 5.74) is -0.521. The summed E-state index contributed by atoms with van der Waals surface area (Å²) in [5.74, 6) is -3.27. The van der Waals surface area contributed by atoms with Gasteiger partial charge in [-0.15, -0.1) is 0 Å². The Bertz CT molecular complexity index is 1510. The maximum atomic E-state index is 12.6. The highest BCUT2D eigenvalue weighted by Crippen LogP contribution is 2.25. The Morgan fingerprint density at radius 2 is 0.972 bits per heavy atom. The first-order valence-electron chi connectivity index (χ1n) is 27.2. The van der Waals surface area contributed by atoms with Gasteiger partial charge in [0.15, 0.2) is 0 Å². The van der Waals surface area contributed by atoms with E-state index in [1.54, 1.807) is 6.92 Å². The summed E-state index contributed by atoms with van der Waals surface area (Å²) in [7, 11) is 0. The zero-order chi connectivity index (χ0) is 54.3. The Morgan fingerprint density at radius 3 is 1.44 bits per heavy atom. The quantitative estimate of drug-likeness (QED) is 0.0414. The summed E-state index contributed by atoms with van der Waals surface area (Å²) in [6.45, 7) is 13.8. The number of amides is 2. The molecule has 2 atom stereocenters. The van der Waals surface area contributed by atoms with E-state index in [-0.39, 0.29) is 102 Å². The van der Waals surface area contributed by atoms with Crippen molar-refractivity contribution in [3.63, 3.8) is 0 Å². The highest BCUT2D eigenvalue weighted by molar-refractivity contribution is 5.92. The fourth-order valence-corrected chi connectivity index (χ4v) is 7.35. The van der Waals surface area contributed by atoms with Crippen LogP contribution in [0.3, 0.4) is 0 Å². The SMILES string of the molecule is CCC(=O)CC[C@H](CC(=O)CCCCCCCCCCCCCCCCC(=O)O)C(=O)O.CCCOCCOCC(=O)NCCOCCOCC(=O)NCCCC[C@H](CC(=O)C(C)(C)C)C(=O)CCC(C)=O.[HH].[HH]. The van der Waals surface area contributed by atoms with E-state index < -0.39 is 29.2 Å². The molecule has 0 saturated carbocycles. The molecule has 0 heterocycles. The molecule has 2 amide bonds. The molecule has 0 spiro atoms. The third kappa shape index (κ3) is 48.3. The molecule has 0 saturated heterocycles. The van der Waals surface area contributed by atoms with E-state index in [2.05, 4.69) is 10.6 Å². The van der Waals surface area contributed by atoms with Gasteiger partial charge in [-0.05, 0) is 45.4 Å². The zero-order valence-corrected chi connectivity index (χ0v) is 45.5. The molecule has 17 nitrogen and oxygen atoms in total. The molecule has 0 aromatic rings. The van der Waals surface area contributed by atoms with Crippen LogP contribution in [0.2, 0.25) is 0 Å². The van der Waals surface area contributed by atoms with Crippen molar-refractivity contribution in [2.75, 3.05) is 65.9 Å². The molecular formula is C55H102N2O15. The number of nitrogens with one attached hydrogen (secondary N) is 2. The van der Waals surface area contributed by atoms with Crippen LogP contribution in [-0.2, 0) is 62.1 Å². The van der Waals surface area contributed by atoms with Crippen molar-refractivity contribution in [2.45, 2.75) is 215 Å². The summed E-state index contributed by atoms with van der Waals surface area (Å²) in [4.78, 5) is 105. The van der Waals surface area contributed by atoms with Gasteiger partial charge < -0.3 is 44.6 Å². The molecule has 0 bridgehead atoms. The number of aliphatic carboxylic acids is 2. The van der Waals surface area contributed by atoms with Crippen molar-refractivity contribution < 1.29 is 75.2 Å². The van der Waals surface area contributed by atoms with Crippen molar-refractivity contribution in [1.29, 1.82) is 0 Å². The molecule has 0 unspecified atom stereocenters. The van der Waals surface area contributed by atoms with E-state index in [0.717, 1.165) is 44.9 Å². The molecule has 0 aliphatic heterocycles. The number of carbonyl (C=O) groups excluding carboxylic acids is 7. The second-order valence-electron chi connectivity index (χ2n) is 19.8. The average Bonchev–Trinajstić information content (AvgIpc) is 3.32. The lowest BCUT2D eigenvalue weighted by atomic mass is 9.81. The average molecular weight is 1030 g/mol. The lowest BCUT2D eigenvalue weighted by Gasteiger charge is -2.21. The van der Waals surface area contributed by atoms with Crippen molar-refractivity contribution in [3.8, 4) is 0 Å². The van der Waals surface area contributed by atoms with Crippen LogP contribution < -0.4 is 10.6 Å². The Balaban J connectivity index is -0.000000660. The van der Waals surface area contributed by atoms with Gasteiger partial charge in [0.2, 0.25) is 11.8 Å². The molecule has 72 heavy (non-hydrogen) atoms.